The Bertz CT molecular complexity index is 3450. The van der Waals surface area contributed by atoms with E-state index in [0.717, 1.165) is 77.3 Å². The van der Waals surface area contributed by atoms with E-state index in [0.29, 0.717) is 17.5 Å². The van der Waals surface area contributed by atoms with Crippen molar-refractivity contribution in [3.8, 4) is 51.0 Å². The lowest BCUT2D eigenvalue weighted by atomic mass is 10.0. The molecule has 12 rings (SSSR count). The predicted molar refractivity (Wildman–Crippen MR) is 230 cm³/mol. The van der Waals surface area contributed by atoms with Gasteiger partial charge in [-0.2, -0.15) is 0 Å². The van der Waals surface area contributed by atoms with E-state index in [1.54, 1.807) is 0 Å². The van der Waals surface area contributed by atoms with Gasteiger partial charge in [-0.15, -0.1) is 0 Å². The van der Waals surface area contributed by atoms with Crippen LogP contribution in [-0.4, -0.2) is 19.5 Å². The second-order valence-electron chi connectivity index (χ2n) is 14.4. The maximum Gasteiger partial charge on any atom is 0.164 e. The lowest BCUT2D eigenvalue weighted by Gasteiger charge is -2.08. The Kier molecular flexibility index (Phi) is 6.83. The number of hydrogen-bond donors (Lipinski definition) is 0. The Morgan fingerprint density at radius 2 is 0.789 bits per heavy atom. The first-order chi connectivity index (χ1) is 28.2. The van der Waals surface area contributed by atoms with E-state index in [2.05, 4.69) is 120 Å². The summed E-state index contributed by atoms with van der Waals surface area (Å²) in [4.78, 5) is 14.7. The maximum absolute atomic E-state index is 6.64. The van der Waals surface area contributed by atoms with Gasteiger partial charge in [0.1, 0.15) is 22.3 Å². The highest BCUT2D eigenvalue weighted by Gasteiger charge is 2.19. The molecule has 266 valence electrons. The molecule has 0 radical (unpaired) electrons. The zero-order valence-electron chi connectivity index (χ0n) is 30.4. The van der Waals surface area contributed by atoms with Crippen LogP contribution in [0, 0.1) is 0 Å². The van der Waals surface area contributed by atoms with Crippen LogP contribution >= 0.6 is 0 Å². The normalized spacial score (nSPS) is 11.9. The Labute approximate surface area is 325 Å². The highest BCUT2D eigenvalue weighted by molar-refractivity contribution is 6.16. The van der Waals surface area contributed by atoms with Crippen LogP contribution in [0.15, 0.2) is 191 Å². The molecule has 12 aromatic rings. The molecule has 8 aromatic carbocycles. The molecule has 57 heavy (non-hydrogen) atoms. The van der Waals surface area contributed by atoms with Crippen LogP contribution < -0.4 is 0 Å². The molecule has 0 saturated heterocycles. The predicted octanol–water partition coefficient (Wildman–Crippen LogP) is 13.4. The molecule has 0 unspecified atom stereocenters. The first-order valence-corrected chi connectivity index (χ1v) is 19.0. The van der Waals surface area contributed by atoms with Crippen molar-refractivity contribution in [1.29, 1.82) is 0 Å². The fourth-order valence-electron chi connectivity index (χ4n) is 8.31. The first kappa shape index (κ1) is 31.5. The lowest BCUT2D eigenvalue weighted by molar-refractivity contribution is 0.664. The topological polar surface area (TPSA) is 69.9 Å². The summed E-state index contributed by atoms with van der Waals surface area (Å²) in [5.74, 6) is 1.82. The van der Waals surface area contributed by atoms with Crippen molar-refractivity contribution in [2.45, 2.75) is 0 Å². The third-order valence-electron chi connectivity index (χ3n) is 11.0. The number of hydrogen-bond acceptors (Lipinski definition) is 5. The third-order valence-corrected chi connectivity index (χ3v) is 11.0. The summed E-state index contributed by atoms with van der Waals surface area (Å²) < 4.78 is 15.5. The van der Waals surface area contributed by atoms with E-state index in [-0.39, 0.29) is 0 Å². The lowest BCUT2D eigenvalue weighted by Crippen LogP contribution is -2.00. The van der Waals surface area contributed by atoms with Gasteiger partial charge in [0.15, 0.2) is 17.5 Å². The van der Waals surface area contributed by atoms with E-state index in [9.17, 15) is 0 Å². The summed E-state index contributed by atoms with van der Waals surface area (Å²) in [6, 6.07) is 62.8. The van der Waals surface area contributed by atoms with Crippen molar-refractivity contribution in [2.75, 3.05) is 0 Å². The van der Waals surface area contributed by atoms with Crippen LogP contribution in [0.5, 0.6) is 0 Å². The molecular formula is C51H30N4O2. The summed E-state index contributed by atoms with van der Waals surface area (Å²) in [6.07, 6.45) is 0. The van der Waals surface area contributed by atoms with Crippen molar-refractivity contribution in [1.82, 2.24) is 19.5 Å². The van der Waals surface area contributed by atoms with E-state index >= 15 is 0 Å². The minimum atomic E-state index is 0.584. The smallest absolute Gasteiger partial charge is 0.164 e. The standard InChI is InChI=1S/C51H30N4O2/c1-4-12-31(13-5-1)34-21-25-44-40(26-34)37-18-10-11-19-43(37)55(44)36-22-24-39-42-30-47-41(29-48(42)57-46(39)28-36)38-23-20-35(27-45(38)56-47)51-53-49(32-14-6-2-7-15-32)52-50(54-51)33-16-8-3-9-17-33/h1-30H. The quantitative estimate of drug-likeness (QED) is 0.176. The summed E-state index contributed by atoms with van der Waals surface area (Å²) in [6.45, 7) is 0. The molecule has 0 N–H and O–H groups in total. The van der Waals surface area contributed by atoms with Gasteiger partial charge in [0.05, 0.1) is 11.0 Å². The average Bonchev–Trinajstić information content (AvgIpc) is 3.94. The van der Waals surface area contributed by atoms with E-state index < -0.39 is 0 Å². The summed E-state index contributed by atoms with van der Waals surface area (Å²) in [5, 5.41) is 6.47. The Morgan fingerprint density at radius 1 is 0.298 bits per heavy atom. The number of benzene rings is 8. The average molecular weight is 731 g/mol. The molecule has 0 aliphatic rings. The summed E-state index contributed by atoms with van der Waals surface area (Å²) >= 11 is 0. The Hall–Kier alpha value is -7.83. The van der Waals surface area contributed by atoms with Gasteiger partial charge >= 0.3 is 0 Å². The minimum Gasteiger partial charge on any atom is -0.456 e. The van der Waals surface area contributed by atoms with Crippen LogP contribution in [0.1, 0.15) is 0 Å². The van der Waals surface area contributed by atoms with Gasteiger partial charge in [0, 0.05) is 60.8 Å². The molecule has 0 amide bonds. The molecule has 0 fully saturated rings. The molecule has 0 spiro atoms. The number of rotatable bonds is 5. The highest BCUT2D eigenvalue weighted by Crippen LogP contribution is 2.40. The van der Waals surface area contributed by atoms with Gasteiger partial charge in [0.2, 0.25) is 0 Å². The molecule has 4 heterocycles. The van der Waals surface area contributed by atoms with Gasteiger partial charge < -0.3 is 13.4 Å². The summed E-state index contributed by atoms with van der Waals surface area (Å²) in [7, 11) is 0. The SMILES string of the molecule is c1ccc(-c2ccc3c(c2)c2ccccc2n3-c2ccc3c(c2)oc2cc4c(cc23)oc2cc(-c3nc(-c5ccccc5)nc(-c5ccccc5)n3)ccc24)cc1. The number of nitrogens with zero attached hydrogens (tertiary/aromatic N) is 4. The number of furan rings is 2. The Balaban J connectivity index is 0.958. The van der Waals surface area contributed by atoms with Crippen molar-refractivity contribution < 1.29 is 8.83 Å². The Morgan fingerprint density at radius 3 is 1.44 bits per heavy atom. The van der Waals surface area contributed by atoms with Crippen LogP contribution in [0.3, 0.4) is 0 Å². The zero-order chi connectivity index (χ0) is 37.5. The van der Waals surface area contributed by atoms with Crippen LogP contribution in [0.2, 0.25) is 0 Å². The largest absolute Gasteiger partial charge is 0.456 e. The van der Waals surface area contributed by atoms with Gasteiger partial charge in [-0.1, -0.05) is 121 Å². The molecule has 6 nitrogen and oxygen atoms in total. The van der Waals surface area contributed by atoms with Crippen molar-refractivity contribution in [3.05, 3.63) is 182 Å². The maximum atomic E-state index is 6.64. The van der Waals surface area contributed by atoms with Gasteiger partial charge in [-0.25, -0.2) is 15.0 Å². The monoisotopic (exact) mass is 730 g/mol. The number of aromatic nitrogens is 4. The highest BCUT2D eigenvalue weighted by atomic mass is 16.3. The fraction of sp³-hybridized carbons (Fsp3) is 0. The molecule has 0 atom stereocenters. The summed E-state index contributed by atoms with van der Waals surface area (Å²) in [5.41, 5.74) is 11.7. The second-order valence-corrected chi connectivity index (χ2v) is 14.4. The van der Waals surface area contributed by atoms with Gasteiger partial charge in [-0.3, -0.25) is 0 Å². The number of fused-ring (bicyclic) bond motifs is 9. The molecule has 6 heteroatoms. The van der Waals surface area contributed by atoms with Crippen LogP contribution in [0.25, 0.3) is 117 Å². The molecular weight excluding hydrogens is 701 g/mol. The van der Waals surface area contributed by atoms with Crippen LogP contribution in [0.4, 0.5) is 0 Å². The fourth-order valence-corrected chi connectivity index (χ4v) is 8.31. The van der Waals surface area contributed by atoms with Gasteiger partial charge in [-0.05, 0) is 65.7 Å². The van der Waals surface area contributed by atoms with Crippen molar-refractivity contribution >= 4 is 65.7 Å². The number of para-hydroxylation sites is 1. The van der Waals surface area contributed by atoms with Gasteiger partial charge in [0.25, 0.3) is 0 Å². The molecule has 0 bridgehead atoms. The van der Waals surface area contributed by atoms with E-state index in [4.69, 9.17) is 23.8 Å². The molecule has 0 aliphatic heterocycles. The molecule has 0 aliphatic carbocycles. The third kappa shape index (κ3) is 5.08. The van der Waals surface area contributed by atoms with E-state index in [1.807, 2.05) is 66.7 Å². The second kappa shape index (κ2) is 12.3. The van der Waals surface area contributed by atoms with E-state index in [1.165, 1.54) is 21.9 Å². The molecule has 4 aromatic heterocycles. The van der Waals surface area contributed by atoms with Crippen molar-refractivity contribution in [2.24, 2.45) is 0 Å². The minimum absolute atomic E-state index is 0.584. The molecule has 0 saturated carbocycles. The first-order valence-electron chi connectivity index (χ1n) is 19.0. The zero-order valence-corrected chi connectivity index (χ0v) is 30.4. The van der Waals surface area contributed by atoms with Crippen molar-refractivity contribution in [3.63, 3.8) is 0 Å². The van der Waals surface area contributed by atoms with Crippen LogP contribution in [-0.2, 0) is 0 Å².